The Bertz CT molecular complexity index is 1100. The van der Waals surface area contributed by atoms with E-state index in [1.165, 1.54) is 23.7 Å². The summed E-state index contributed by atoms with van der Waals surface area (Å²) in [5, 5.41) is 1.22. The number of hydrogen-bond donors (Lipinski definition) is 0. The van der Waals surface area contributed by atoms with Crippen LogP contribution in [0.1, 0.15) is 30.2 Å². The van der Waals surface area contributed by atoms with Crippen LogP contribution in [0.15, 0.2) is 34.2 Å². The molecule has 0 fully saturated rings. The number of aromatic nitrogens is 2. The van der Waals surface area contributed by atoms with Crippen LogP contribution in [0, 0.1) is 0 Å². The highest BCUT2D eigenvalue weighted by Gasteiger charge is 2.23. The third-order valence-electron chi connectivity index (χ3n) is 4.91. The van der Waals surface area contributed by atoms with Gasteiger partial charge in [-0.3, -0.25) is 14.2 Å². The fourth-order valence-corrected chi connectivity index (χ4v) is 5.70. The third-order valence-corrected chi connectivity index (χ3v) is 7.01. The topological polar surface area (TPSA) is 70.4 Å². The number of aryl methyl sites for hydroxylation is 2. The molecule has 1 aromatic carbocycles. The van der Waals surface area contributed by atoms with Gasteiger partial charge in [0.05, 0.1) is 30.5 Å². The summed E-state index contributed by atoms with van der Waals surface area (Å²) in [4.78, 5) is 32.1. The van der Waals surface area contributed by atoms with Crippen molar-refractivity contribution in [2.24, 2.45) is 0 Å². The van der Waals surface area contributed by atoms with Crippen LogP contribution in [0.3, 0.4) is 0 Å². The van der Waals surface area contributed by atoms with E-state index in [9.17, 15) is 9.59 Å². The number of rotatable bonds is 6. The molecular formula is C21H22N2O4S2. The third kappa shape index (κ3) is 3.91. The largest absolute Gasteiger partial charge is 0.494 e. The lowest BCUT2D eigenvalue weighted by Gasteiger charge is -2.14. The van der Waals surface area contributed by atoms with Crippen molar-refractivity contribution >= 4 is 39.3 Å². The minimum Gasteiger partial charge on any atom is -0.494 e. The number of methoxy groups -OCH3 is 1. The second-order valence-corrected chi connectivity index (χ2v) is 8.74. The van der Waals surface area contributed by atoms with Crippen molar-refractivity contribution < 1.29 is 14.3 Å². The van der Waals surface area contributed by atoms with E-state index in [2.05, 4.69) is 0 Å². The summed E-state index contributed by atoms with van der Waals surface area (Å²) in [5.41, 5.74) is 1.78. The van der Waals surface area contributed by atoms with Gasteiger partial charge in [-0.15, -0.1) is 11.3 Å². The summed E-state index contributed by atoms with van der Waals surface area (Å²) < 4.78 is 11.9. The molecule has 0 aliphatic heterocycles. The molecule has 0 saturated carbocycles. The molecule has 1 aliphatic carbocycles. The molecule has 1 aliphatic rings. The maximum absolute atomic E-state index is 13.6. The SMILES string of the molecule is CCOc1ccc(-n2c(SCC(=O)OC)nc3sc4c(c3c2=O)CCCC4)cc1. The van der Waals surface area contributed by atoms with E-state index in [-0.39, 0.29) is 17.3 Å². The van der Waals surface area contributed by atoms with Gasteiger partial charge in [-0.05, 0) is 62.4 Å². The number of hydrogen-bond acceptors (Lipinski definition) is 7. The molecule has 0 saturated heterocycles. The maximum atomic E-state index is 13.6. The van der Waals surface area contributed by atoms with Crippen molar-refractivity contribution in [3.63, 3.8) is 0 Å². The van der Waals surface area contributed by atoms with Gasteiger partial charge < -0.3 is 9.47 Å². The van der Waals surface area contributed by atoms with E-state index in [1.807, 2.05) is 31.2 Å². The van der Waals surface area contributed by atoms with Gasteiger partial charge in [-0.25, -0.2) is 4.98 Å². The van der Waals surface area contributed by atoms with Crippen molar-refractivity contribution in [3.05, 3.63) is 45.1 Å². The van der Waals surface area contributed by atoms with Crippen LogP contribution >= 0.6 is 23.1 Å². The van der Waals surface area contributed by atoms with Gasteiger partial charge in [0.25, 0.3) is 5.56 Å². The van der Waals surface area contributed by atoms with E-state index < -0.39 is 0 Å². The number of carbonyl (C=O) groups excluding carboxylic acids is 1. The second-order valence-electron chi connectivity index (χ2n) is 6.72. The summed E-state index contributed by atoms with van der Waals surface area (Å²) in [5.74, 6) is 0.486. The zero-order chi connectivity index (χ0) is 20.4. The molecule has 6 nitrogen and oxygen atoms in total. The Hall–Kier alpha value is -2.32. The molecule has 0 atom stereocenters. The van der Waals surface area contributed by atoms with E-state index >= 15 is 0 Å². The van der Waals surface area contributed by atoms with Crippen molar-refractivity contribution in [2.75, 3.05) is 19.5 Å². The fourth-order valence-electron chi connectivity index (χ4n) is 3.55. The number of benzene rings is 1. The molecule has 2 aromatic heterocycles. The summed E-state index contributed by atoms with van der Waals surface area (Å²) in [6.07, 6.45) is 4.17. The average Bonchev–Trinajstić information content (AvgIpc) is 3.11. The lowest BCUT2D eigenvalue weighted by Crippen LogP contribution is -2.22. The number of carbonyl (C=O) groups is 1. The van der Waals surface area contributed by atoms with Gasteiger partial charge in [-0.2, -0.15) is 0 Å². The molecular weight excluding hydrogens is 408 g/mol. The van der Waals surface area contributed by atoms with Gasteiger partial charge in [-0.1, -0.05) is 11.8 Å². The molecule has 3 aromatic rings. The molecule has 29 heavy (non-hydrogen) atoms. The Labute approximate surface area is 176 Å². The Morgan fingerprint density at radius 3 is 2.72 bits per heavy atom. The Morgan fingerprint density at radius 1 is 1.24 bits per heavy atom. The Kier molecular flexibility index (Phi) is 5.91. The summed E-state index contributed by atoms with van der Waals surface area (Å²) >= 11 is 2.82. The minimum atomic E-state index is -0.354. The van der Waals surface area contributed by atoms with E-state index in [0.717, 1.165) is 47.2 Å². The minimum absolute atomic E-state index is 0.0778. The van der Waals surface area contributed by atoms with Crippen LogP contribution in [0.2, 0.25) is 0 Å². The predicted molar refractivity (Wildman–Crippen MR) is 116 cm³/mol. The molecule has 4 rings (SSSR count). The van der Waals surface area contributed by atoms with Crippen molar-refractivity contribution in [1.29, 1.82) is 0 Å². The first-order valence-corrected chi connectivity index (χ1v) is 11.4. The standard InChI is InChI=1S/C21H22N2O4S2/c1-3-27-14-10-8-13(9-11-14)23-20(25)18-15-6-4-5-7-16(15)29-19(18)22-21(23)28-12-17(24)26-2/h8-11H,3-7,12H2,1-2H3. The first kappa shape index (κ1) is 20.0. The molecule has 8 heteroatoms. The molecule has 0 amide bonds. The number of thioether (sulfide) groups is 1. The van der Waals surface area contributed by atoms with Gasteiger partial charge in [0.2, 0.25) is 0 Å². The highest BCUT2D eigenvalue weighted by Crippen LogP contribution is 2.35. The molecule has 0 radical (unpaired) electrons. The maximum Gasteiger partial charge on any atom is 0.316 e. The smallest absolute Gasteiger partial charge is 0.316 e. The van der Waals surface area contributed by atoms with Crippen LogP contribution in [0.5, 0.6) is 5.75 Å². The first-order valence-electron chi connectivity index (χ1n) is 9.62. The Balaban J connectivity index is 1.87. The summed E-state index contributed by atoms with van der Waals surface area (Å²) in [6.45, 7) is 2.51. The van der Waals surface area contributed by atoms with Crippen LogP contribution < -0.4 is 10.3 Å². The van der Waals surface area contributed by atoms with Crippen molar-refractivity contribution in [3.8, 4) is 11.4 Å². The highest BCUT2D eigenvalue weighted by molar-refractivity contribution is 7.99. The number of ether oxygens (including phenoxy) is 2. The van der Waals surface area contributed by atoms with Gasteiger partial charge in [0, 0.05) is 4.88 Å². The second kappa shape index (κ2) is 8.59. The zero-order valence-electron chi connectivity index (χ0n) is 16.4. The van der Waals surface area contributed by atoms with Gasteiger partial charge >= 0.3 is 5.97 Å². The van der Waals surface area contributed by atoms with Crippen LogP contribution in [0.4, 0.5) is 0 Å². The zero-order valence-corrected chi connectivity index (χ0v) is 18.0. The summed E-state index contributed by atoms with van der Waals surface area (Å²) in [6, 6.07) is 7.38. The number of esters is 1. The van der Waals surface area contributed by atoms with Gasteiger partial charge in [0.15, 0.2) is 5.16 Å². The molecule has 152 valence electrons. The number of thiophene rings is 1. The lowest BCUT2D eigenvalue weighted by atomic mass is 9.97. The monoisotopic (exact) mass is 430 g/mol. The van der Waals surface area contributed by atoms with Crippen molar-refractivity contribution in [2.45, 2.75) is 37.8 Å². The average molecular weight is 431 g/mol. The normalized spacial score (nSPS) is 13.3. The van der Waals surface area contributed by atoms with Crippen LogP contribution in [-0.2, 0) is 22.4 Å². The molecule has 0 unspecified atom stereocenters. The molecule has 0 N–H and O–H groups in total. The fraction of sp³-hybridized carbons (Fsp3) is 0.381. The lowest BCUT2D eigenvalue weighted by molar-refractivity contribution is -0.137. The molecule has 2 heterocycles. The van der Waals surface area contributed by atoms with Crippen molar-refractivity contribution in [1.82, 2.24) is 9.55 Å². The number of nitrogens with zero attached hydrogens (tertiary/aromatic N) is 2. The predicted octanol–water partition coefficient (Wildman–Crippen LogP) is 3.99. The number of fused-ring (bicyclic) bond motifs is 3. The van der Waals surface area contributed by atoms with E-state index in [1.54, 1.807) is 15.9 Å². The van der Waals surface area contributed by atoms with Gasteiger partial charge in [0.1, 0.15) is 10.6 Å². The van der Waals surface area contributed by atoms with Crippen LogP contribution in [-0.4, -0.2) is 35.0 Å². The van der Waals surface area contributed by atoms with E-state index in [0.29, 0.717) is 17.5 Å². The Morgan fingerprint density at radius 2 is 2.00 bits per heavy atom. The van der Waals surface area contributed by atoms with E-state index in [4.69, 9.17) is 14.5 Å². The molecule has 0 spiro atoms. The van der Waals surface area contributed by atoms with Crippen LogP contribution in [0.25, 0.3) is 15.9 Å². The molecule has 0 bridgehead atoms. The summed E-state index contributed by atoms with van der Waals surface area (Å²) in [7, 11) is 1.35. The quantitative estimate of drug-likeness (QED) is 0.335. The first-order chi connectivity index (χ1) is 14.1. The highest BCUT2D eigenvalue weighted by atomic mass is 32.2.